The van der Waals surface area contributed by atoms with E-state index >= 15 is 0 Å². The average molecular weight is 177 g/mol. The third kappa shape index (κ3) is 1.72. The Morgan fingerprint density at radius 1 is 1.33 bits per heavy atom. The van der Waals surface area contributed by atoms with E-state index < -0.39 is 24.1 Å². The maximum Gasteiger partial charge on any atom is 0.338 e. The van der Waals surface area contributed by atoms with Gasteiger partial charge in [0.25, 0.3) is 0 Å². The van der Waals surface area contributed by atoms with E-state index in [0.29, 0.717) is 0 Å². The number of aliphatic carboxylic acids is 2. The molecule has 70 valence electrons. The molecule has 0 saturated carbocycles. The van der Waals surface area contributed by atoms with Crippen molar-refractivity contribution in [1.29, 1.82) is 0 Å². The van der Waals surface area contributed by atoms with Gasteiger partial charge in [-0.2, -0.15) is 0 Å². The summed E-state index contributed by atoms with van der Waals surface area (Å²) in [6.45, 7) is 0.723. The van der Waals surface area contributed by atoms with Crippen LogP contribution in [0, 0.1) is 0 Å². The summed E-state index contributed by atoms with van der Waals surface area (Å²) in [5, 5.41) is 27.9. The van der Waals surface area contributed by atoms with Crippen LogP contribution in [0.3, 0.4) is 0 Å². The van der Waals surface area contributed by atoms with Crippen LogP contribution in [0.15, 0.2) is 0 Å². The molecule has 0 spiro atoms. The molecular formula is C6H11NO5. The summed E-state index contributed by atoms with van der Waals surface area (Å²) >= 11 is 0. The summed E-state index contributed by atoms with van der Waals surface area (Å²) in [4.78, 5) is 21.0. The molecular weight excluding hydrogens is 166 g/mol. The Morgan fingerprint density at radius 2 is 1.75 bits per heavy atom. The van der Waals surface area contributed by atoms with E-state index in [0.717, 1.165) is 0 Å². The molecule has 0 aliphatic heterocycles. The third-order valence-electron chi connectivity index (χ3n) is 1.45. The molecule has 0 atom stereocenters. The lowest BCUT2D eigenvalue weighted by molar-refractivity contribution is -0.161. The highest BCUT2D eigenvalue weighted by atomic mass is 16.4. The van der Waals surface area contributed by atoms with Crippen LogP contribution in [0.25, 0.3) is 0 Å². The number of aliphatic hydroxyl groups excluding tert-OH is 1. The molecule has 0 aliphatic carbocycles. The molecule has 0 unspecified atom stereocenters. The van der Waals surface area contributed by atoms with E-state index in [1.54, 1.807) is 6.92 Å². The standard InChI is InChI=1S/C6H11NO5/c1-2-7-6(3-8,4(9)10)5(11)12/h7-8H,2-3H2,1H3,(H,9,10)(H,11,12). The van der Waals surface area contributed by atoms with Crippen molar-refractivity contribution < 1.29 is 24.9 Å². The zero-order valence-corrected chi connectivity index (χ0v) is 6.57. The van der Waals surface area contributed by atoms with Gasteiger partial charge in [-0.1, -0.05) is 6.92 Å². The van der Waals surface area contributed by atoms with Gasteiger partial charge in [-0.05, 0) is 6.54 Å². The largest absolute Gasteiger partial charge is 0.479 e. The first-order chi connectivity index (χ1) is 5.51. The fraction of sp³-hybridized carbons (Fsp3) is 0.667. The van der Waals surface area contributed by atoms with Crippen molar-refractivity contribution in [3.05, 3.63) is 0 Å². The van der Waals surface area contributed by atoms with Gasteiger partial charge >= 0.3 is 11.9 Å². The van der Waals surface area contributed by atoms with Gasteiger partial charge in [0.2, 0.25) is 5.54 Å². The summed E-state index contributed by atoms with van der Waals surface area (Å²) in [5.74, 6) is -3.20. The van der Waals surface area contributed by atoms with E-state index in [2.05, 4.69) is 5.32 Å². The van der Waals surface area contributed by atoms with Crippen molar-refractivity contribution in [3.63, 3.8) is 0 Å². The van der Waals surface area contributed by atoms with Crippen molar-refractivity contribution in [2.45, 2.75) is 12.5 Å². The molecule has 12 heavy (non-hydrogen) atoms. The van der Waals surface area contributed by atoms with E-state index in [1.165, 1.54) is 0 Å². The predicted molar refractivity (Wildman–Crippen MR) is 38.8 cm³/mol. The van der Waals surface area contributed by atoms with E-state index in [4.69, 9.17) is 15.3 Å². The van der Waals surface area contributed by atoms with Crippen LogP contribution in [0.2, 0.25) is 0 Å². The second kappa shape index (κ2) is 4.03. The highest BCUT2D eigenvalue weighted by Gasteiger charge is 2.45. The van der Waals surface area contributed by atoms with Crippen molar-refractivity contribution in [2.24, 2.45) is 0 Å². The number of likely N-dealkylation sites (N-methyl/N-ethyl adjacent to an activating group) is 1. The van der Waals surface area contributed by atoms with Crippen molar-refractivity contribution in [3.8, 4) is 0 Å². The van der Waals surface area contributed by atoms with Crippen LogP contribution >= 0.6 is 0 Å². The molecule has 0 aromatic heterocycles. The number of aliphatic hydroxyl groups is 1. The van der Waals surface area contributed by atoms with Crippen LogP contribution in [0.1, 0.15) is 6.92 Å². The van der Waals surface area contributed by atoms with Gasteiger partial charge in [0.15, 0.2) is 0 Å². The molecule has 0 radical (unpaired) electrons. The summed E-state index contributed by atoms with van der Waals surface area (Å²) in [6.07, 6.45) is 0. The maximum absolute atomic E-state index is 10.5. The van der Waals surface area contributed by atoms with Crippen LogP contribution in [-0.2, 0) is 9.59 Å². The minimum absolute atomic E-state index is 0.152. The fourth-order valence-corrected chi connectivity index (χ4v) is 0.736. The van der Waals surface area contributed by atoms with Crippen molar-refractivity contribution >= 4 is 11.9 Å². The Kier molecular flexibility index (Phi) is 3.65. The number of rotatable bonds is 5. The Hall–Kier alpha value is -1.14. The van der Waals surface area contributed by atoms with E-state index in [1.807, 2.05) is 0 Å². The van der Waals surface area contributed by atoms with Gasteiger partial charge in [0.1, 0.15) is 0 Å². The molecule has 0 bridgehead atoms. The van der Waals surface area contributed by atoms with E-state index in [-0.39, 0.29) is 6.54 Å². The number of hydrogen-bond donors (Lipinski definition) is 4. The smallest absolute Gasteiger partial charge is 0.338 e. The average Bonchev–Trinajstić information content (AvgIpc) is 1.98. The molecule has 0 aliphatic rings. The van der Waals surface area contributed by atoms with Gasteiger partial charge in [0.05, 0.1) is 6.61 Å². The SMILES string of the molecule is CCNC(CO)(C(=O)O)C(=O)O. The highest BCUT2D eigenvalue weighted by Crippen LogP contribution is 2.03. The van der Waals surface area contributed by atoms with Gasteiger partial charge in [-0.25, -0.2) is 9.59 Å². The molecule has 0 amide bonds. The lowest BCUT2D eigenvalue weighted by Gasteiger charge is -2.22. The number of carboxylic acid groups (broad SMARTS) is 2. The maximum atomic E-state index is 10.5. The quantitative estimate of drug-likeness (QED) is 0.380. The first-order valence-electron chi connectivity index (χ1n) is 3.34. The molecule has 0 rings (SSSR count). The zero-order chi connectivity index (χ0) is 9.78. The second-order valence-electron chi connectivity index (χ2n) is 2.20. The first-order valence-corrected chi connectivity index (χ1v) is 3.34. The van der Waals surface area contributed by atoms with Crippen molar-refractivity contribution in [2.75, 3.05) is 13.2 Å². The second-order valence-corrected chi connectivity index (χ2v) is 2.20. The van der Waals surface area contributed by atoms with Crippen molar-refractivity contribution in [1.82, 2.24) is 5.32 Å². The number of carboxylic acids is 2. The first kappa shape index (κ1) is 10.9. The lowest BCUT2D eigenvalue weighted by Crippen LogP contribution is -2.60. The summed E-state index contributed by atoms with van der Waals surface area (Å²) in [6, 6.07) is 0. The monoisotopic (exact) mass is 177 g/mol. The number of hydrogen-bond acceptors (Lipinski definition) is 4. The van der Waals surface area contributed by atoms with Crippen LogP contribution in [0.5, 0.6) is 0 Å². The van der Waals surface area contributed by atoms with Gasteiger partial charge in [0, 0.05) is 0 Å². The number of nitrogens with one attached hydrogen (secondary N) is 1. The molecule has 0 saturated heterocycles. The molecule has 0 heterocycles. The summed E-state index contributed by atoms with van der Waals surface area (Å²) < 4.78 is 0. The normalized spacial score (nSPS) is 11.2. The molecule has 6 heteroatoms. The molecule has 0 aromatic rings. The van der Waals surface area contributed by atoms with Crippen LogP contribution in [-0.4, -0.2) is 45.9 Å². The minimum Gasteiger partial charge on any atom is -0.479 e. The topological polar surface area (TPSA) is 107 Å². The fourth-order valence-electron chi connectivity index (χ4n) is 0.736. The predicted octanol–water partition coefficient (Wildman–Crippen LogP) is -1.50. The Labute approximate surface area is 68.8 Å². The zero-order valence-electron chi connectivity index (χ0n) is 6.57. The Morgan fingerprint density at radius 3 is 1.83 bits per heavy atom. The third-order valence-corrected chi connectivity index (χ3v) is 1.45. The molecule has 6 nitrogen and oxygen atoms in total. The van der Waals surface area contributed by atoms with Gasteiger partial charge in [-0.3, -0.25) is 5.32 Å². The van der Waals surface area contributed by atoms with Crippen LogP contribution in [0.4, 0.5) is 0 Å². The molecule has 4 N–H and O–H groups in total. The van der Waals surface area contributed by atoms with E-state index in [9.17, 15) is 9.59 Å². The minimum atomic E-state index is -2.27. The summed E-state index contributed by atoms with van der Waals surface area (Å²) in [5.41, 5.74) is -2.27. The molecule has 0 fully saturated rings. The van der Waals surface area contributed by atoms with Gasteiger partial charge < -0.3 is 15.3 Å². The van der Waals surface area contributed by atoms with Gasteiger partial charge in [-0.15, -0.1) is 0 Å². The highest BCUT2D eigenvalue weighted by molar-refractivity contribution is 6.03. The Balaban J connectivity index is 4.76. The summed E-state index contributed by atoms with van der Waals surface area (Å²) in [7, 11) is 0. The Bertz CT molecular complexity index is 176. The molecule has 0 aromatic carbocycles. The lowest BCUT2D eigenvalue weighted by atomic mass is 10.0. The number of carbonyl (C=O) groups is 2. The van der Waals surface area contributed by atoms with Crippen LogP contribution < -0.4 is 5.32 Å².